The van der Waals surface area contributed by atoms with Gasteiger partial charge < -0.3 is 10.1 Å². The molecule has 222 valence electrons. The molecule has 0 unspecified atom stereocenters. The zero-order valence-corrected chi connectivity index (χ0v) is 26.2. The molecule has 0 aliphatic carbocycles. The van der Waals surface area contributed by atoms with Gasteiger partial charge in [-0.25, -0.2) is 0 Å². The van der Waals surface area contributed by atoms with E-state index in [2.05, 4.69) is 35.3 Å². The molecule has 0 aliphatic heterocycles. The lowest BCUT2D eigenvalue weighted by Gasteiger charge is -2.15. The third-order valence-electron chi connectivity index (χ3n) is 7.52. The lowest BCUT2D eigenvalue weighted by molar-refractivity contribution is -0.678. The summed E-state index contributed by atoms with van der Waals surface area (Å²) >= 11 is 1.66. The second kappa shape index (κ2) is 18.4. The van der Waals surface area contributed by atoms with E-state index in [1.165, 1.54) is 64.2 Å². The van der Waals surface area contributed by atoms with Crippen LogP contribution >= 0.6 is 11.3 Å². The summed E-state index contributed by atoms with van der Waals surface area (Å²) in [4.78, 5) is 25.6. The number of ether oxygens (including phenoxy) is 1. The van der Waals surface area contributed by atoms with Gasteiger partial charge >= 0.3 is 0 Å². The van der Waals surface area contributed by atoms with Crippen molar-refractivity contribution in [3.05, 3.63) is 65.2 Å². The van der Waals surface area contributed by atoms with Crippen molar-refractivity contribution >= 4 is 28.7 Å². The van der Waals surface area contributed by atoms with Crippen LogP contribution in [0.2, 0.25) is 0 Å². The number of benzene rings is 2. The molecule has 41 heavy (non-hydrogen) atoms. The molecule has 0 saturated heterocycles. The topological polar surface area (TPSA) is 59.3 Å². The lowest BCUT2D eigenvalue weighted by Crippen LogP contribution is -2.31. The van der Waals surface area contributed by atoms with Crippen LogP contribution in [0.15, 0.2) is 54.0 Å². The van der Waals surface area contributed by atoms with Gasteiger partial charge in [0.05, 0.1) is 35.2 Å². The van der Waals surface area contributed by atoms with Crippen molar-refractivity contribution in [1.82, 2.24) is 0 Å². The van der Waals surface area contributed by atoms with Gasteiger partial charge in [-0.05, 0) is 38.5 Å². The van der Waals surface area contributed by atoms with Crippen molar-refractivity contribution in [3.8, 4) is 16.3 Å². The number of ketones is 1. The van der Waals surface area contributed by atoms with Crippen LogP contribution in [0.25, 0.3) is 10.6 Å². The zero-order chi connectivity index (χ0) is 29.3. The van der Waals surface area contributed by atoms with Crippen LogP contribution in [0.5, 0.6) is 5.75 Å². The fourth-order valence-corrected chi connectivity index (χ4v) is 6.17. The molecule has 1 amide bonds. The Bertz CT molecular complexity index is 1220. The van der Waals surface area contributed by atoms with Crippen LogP contribution in [0, 0.1) is 0 Å². The fraction of sp³-hybridized carbons (Fsp3) is 0.514. The van der Waals surface area contributed by atoms with Crippen molar-refractivity contribution in [3.63, 3.8) is 0 Å². The van der Waals surface area contributed by atoms with Crippen molar-refractivity contribution in [1.29, 1.82) is 0 Å². The molecule has 2 aromatic carbocycles. The van der Waals surface area contributed by atoms with Crippen molar-refractivity contribution in [2.45, 2.75) is 111 Å². The molecule has 0 radical (unpaired) electrons. The summed E-state index contributed by atoms with van der Waals surface area (Å²) in [5.74, 6) is 0.366. The minimum atomic E-state index is -0.132. The predicted molar refractivity (Wildman–Crippen MR) is 171 cm³/mol. The number of rotatable bonds is 20. The highest BCUT2D eigenvalue weighted by Crippen LogP contribution is 2.30. The van der Waals surface area contributed by atoms with Crippen LogP contribution in [0.4, 0.5) is 5.69 Å². The first-order valence-electron chi connectivity index (χ1n) is 15.7. The number of hydrogen-bond acceptors (Lipinski definition) is 4. The molecule has 0 spiro atoms. The monoisotopic (exact) mass is 577 g/mol. The first-order valence-corrected chi connectivity index (χ1v) is 16.5. The molecule has 6 heteroatoms. The third kappa shape index (κ3) is 10.7. The Balaban J connectivity index is 1.51. The summed E-state index contributed by atoms with van der Waals surface area (Å²) in [5, 5.41) is 6.27. The molecule has 0 fully saturated rings. The third-order valence-corrected chi connectivity index (χ3v) is 8.46. The van der Waals surface area contributed by atoms with E-state index in [0.717, 1.165) is 41.2 Å². The molecule has 1 N–H and O–H groups in total. The van der Waals surface area contributed by atoms with Gasteiger partial charge in [0.25, 0.3) is 5.01 Å². The molecular weight excluding hydrogens is 528 g/mol. The van der Waals surface area contributed by atoms with Gasteiger partial charge in [-0.2, -0.15) is 4.57 Å². The standard InChI is InChI=1S/C35H48N2O3S/c1-4-6-7-8-9-10-11-12-13-14-15-18-25-40-34-29(20-19-22-30(34)28(3)38)27-33(39)36-32-23-17-16-21-31(32)35-37(5-2)24-26-41-35/h16-17,19-24,26H,4-15,18,25,27H2,1-3H3/p+1. The van der Waals surface area contributed by atoms with E-state index < -0.39 is 0 Å². The minimum Gasteiger partial charge on any atom is -0.493 e. The van der Waals surface area contributed by atoms with Crippen LogP contribution in [0.3, 0.4) is 0 Å². The van der Waals surface area contributed by atoms with Gasteiger partial charge in [-0.1, -0.05) is 113 Å². The van der Waals surface area contributed by atoms with E-state index >= 15 is 0 Å². The first-order chi connectivity index (χ1) is 20.0. The molecule has 0 bridgehead atoms. The summed E-state index contributed by atoms with van der Waals surface area (Å²) in [5.41, 5.74) is 3.06. The fourth-order valence-electron chi connectivity index (χ4n) is 5.21. The second-order valence-electron chi connectivity index (χ2n) is 10.9. The summed E-state index contributed by atoms with van der Waals surface area (Å²) in [6.45, 7) is 7.34. The number of aryl methyl sites for hydroxylation is 1. The Morgan fingerprint density at radius 2 is 1.49 bits per heavy atom. The van der Waals surface area contributed by atoms with Crippen LogP contribution < -0.4 is 14.6 Å². The van der Waals surface area contributed by atoms with Crippen LogP contribution in [-0.2, 0) is 17.8 Å². The van der Waals surface area contributed by atoms with Crippen LogP contribution in [0.1, 0.15) is 114 Å². The van der Waals surface area contributed by atoms with E-state index in [9.17, 15) is 9.59 Å². The Morgan fingerprint density at radius 1 is 0.829 bits per heavy atom. The molecule has 1 heterocycles. The van der Waals surface area contributed by atoms with E-state index in [1.54, 1.807) is 24.3 Å². The second-order valence-corrected chi connectivity index (χ2v) is 11.7. The number of anilines is 1. The number of hydrogen-bond donors (Lipinski definition) is 1. The minimum absolute atomic E-state index is 0.0517. The van der Waals surface area contributed by atoms with E-state index in [1.807, 2.05) is 36.4 Å². The number of carbonyl (C=O) groups is 2. The van der Waals surface area contributed by atoms with E-state index in [4.69, 9.17) is 4.74 Å². The number of nitrogens with one attached hydrogen (secondary N) is 1. The summed E-state index contributed by atoms with van der Waals surface area (Å²) < 4.78 is 8.36. The highest BCUT2D eigenvalue weighted by molar-refractivity contribution is 7.12. The number of amides is 1. The highest BCUT2D eigenvalue weighted by atomic mass is 32.1. The Hall–Kier alpha value is -2.99. The number of aromatic nitrogens is 1. The van der Waals surface area contributed by atoms with Crippen molar-refractivity contribution in [2.24, 2.45) is 0 Å². The van der Waals surface area contributed by atoms with E-state index in [0.29, 0.717) is 17.9 Å². The normalized spacial score (nSPS) is 11.0. The molecule has 0 atom stereocenters. The maximum atomic E-state index is 13.2. The molecule has 1 aromatic heterocycles. The average molecular weight is 578 g/mol. The number of Topliss-reactive ketones (excluding diaryl/α,β-unsaturated/α-hetero) is 1. The van der Waals surface area contributed by atoms with Gasteiger partial charge in [-0.3, -0.25) is 9.59 Å². The molecule has 5 nitrogen and oxygen atoms in total. The van der Waals surface area contributed by atoms with Gasteiger partial charge in [0, 0.05) is 5.56 Å². The Morgan fingerprint density at radius 3 is 2.15 bits per heavy atom. The van der Waals surface area contributed by atoms with Gasteiger partial charge in [-0.15, -0.1) is 0 Å². The van der Waals surface area contributed by atoms with Gasteiger partial charge in [0.15, 0.2) is 12.0 Å². The average Bonchev–Trinajstić information content (AvgIpc) is 3.45. The maximum absolute atomic E-state index is 13.2. The number of para-hydroxylation sites is 2. The van der Waals surface area contributed by atoms with Crippen molar-refractivity contribution in [2.75, 3.05) is 11.9 Å². The maximum Gasteiger partial charge on any atom is 0.271 e. The smallest absolute Gasteiger partial charge is 0.271 e. The number of nitrogens with zero attached hydrogens (tertiary/aromatic N) is 1. The quantitative estimate of drug-likeness (QED) is 0.0827. The van der Waals surface area contributed by atoms with E-state index in [-0.39, 0.29) is 18.1 Å². The molecular formula is C35H49N2O3S+. The van der Waals surface area contributed by atoms with Gasteiger partial charge in [0.1, 0.15) is 12.3 Å². The molecule has 0 aliphatic rings. The summed E-state index contributed by atoms with van der Waals surface area (Å²) in [6, 6.07) is 13.4. The molecule has 3 rings (SSSR count). The number of unbranched alkanes of at least 4 members (excludes halogenated alkanes) is 11. The number of carbonyl (C=O) groups excluding carboxylic acids is 2. The summed E-state index contributed by atoms with van der Waals surface area (Å²) in [6.07, 6.45) is 17.6. The molecule has 3 aromatic rings. The number of thiazole rings is 1. The predicted octanol–water partition coefficient (Wildman–Crippen LogP) is 9.19. The Labute approximate surface area is 251 Å². The molecule has 0 saturated carbocycles. The van der Waals surface area contributed by atoms with Crippen molar-refractivity contribution < 1.29 is 18.9 Å². The largest absolute Gasteiger partial charge is 0.493 e. The highest BCUT2D eigenvalue weighted by Gasteiger charge is 2.20. The zero-order valence-electron chi connectivity index (χ0n) is 25.4. The lowest BCUT2D eigenvalue weighted by atomic mass is 10.0. The van der Waals surface area contributed by atoms with Crippen LogP contribution in [-0.4, -0.2) is 18.3 Å². The summed E-state index contributed by atoms with van der Waals surface area (Å²) in [7, 11) is 0. The van der Waals surface area contributed by atoms with Gasteiger partial charge in [0.2, 0.25) is 5.91 Å². The first kappa shape index (κ1) is 32.5. The Kier molecular flexibility index (Phi) is 14.6. The SMILES string of the molecule is CCCCCCCCCCCCCCOc1c(CC(=O)Nc2ccccc2-c2scc[n+]2CC)cccc1C(C)=O.